The molecule has 1 fully saturated rings. The van der Waals surface area contributed by atoms with E-state index in [-0.39, 0.29) is 37.3 Å². The Kier molecular flexibility index (Phi) is 4.55. The van der Waals surface area contributed by atoms with E-state index >= 15 is 0 Å². The van der Waals surface area contributed by atoms with Gasteiger partial charge in [-0.15, -0.1) is 0 Å². The predicted octanol–water partition coefficient (Wildman–Crippen LogP) is 0.525. The van der Waals surface area contributed by atoms with Crippen LogP contribution in [-0.2, 0) is 20.9 Å². The Morgan fingerprint density at radius 3 is 2.68 bits per heavy atom. The first-order chi connectivity index (χ1) is 10.4. The predicted molar refractivity (Wildman–Crippen MR) is 75.5 cm³/mol. The van der Waals surface area contributed by atoms with Gasteiger partial charge in [0.2, 0.25) is 17.7 Å². The summed E-state index contributed by atoms with van der Waals surface area (Å²) in [7, 11) is 0. The number of likely N-dealkylation sites (tertiary alicyclic amines) is 1. The fourth-order valence-electron chi connectivity index (χ4n) is 2.47. The zero-order chi connectivity index (χ0) is 16.3. The lowest BCUT2D eigenvalue weighted by Gasteiger charge is -2.30. The van der Waals surface area contributed by atoms with Crippen LogP contribution in [0.2, 0.25) is 0 Å². The van der Waals surface area contributed by atoms with Gasteiger partial charge in [-0.05, 0) is 24.1 Å². The smallest absolute Gasteiger partial charge is 0.304 e. The van der Waals surface area contributed by atoms with Gasteiger partial charge in [-0.2, -0.15) is 0 Å². The number of carboxylic acids is 1. The van der Waals surface area contributed by atoms with Crippen LogP contribution in [0.15, 0.2) is 24.3 Å². The minimum absolute atomic E-state index is 0.00884. The van der Waals surface area contributed by atoms with Crippen molar-refractivity contribution in [2.24, 2.45) is 11.7 Å². The molecule has 0 saturated carbocycles. The molecular formula is C15H16N2O5. The van der Waals surface area contributed by atoms with Gasteiger partial charge in [0.15, 0.2) is 0 Å². The summed E-state index contributed by atoms with van der Waals surface area (Å²) in [5, 5.41) is 8.82. The highest BCUT2D eigenvalue weighted by Gasteiger charge is 2.35. The van der Waals surface area contributed by atoms with E-state index in [1.165, 1.54) is 6.07 Å². The van der Waals surface area contributed by atoms with E-state index in [2.05, 4.69) is 0 Å². The SMILES string of the molecule is NC(=O)c1cccc(CN2C(=O)CCC(CC(=O)O)C2=O)c1. The van der Waals surface area contributed by atoms with Crippen LogP contribution in [0.1, 0.15) is 35.2 Å². The van der Waals surface area contributed by atoms with Crippen LogP contribution in [0, 0.1) is 5.92 Å². The van der Waals surface area contributed by atoms with Crippen molar-refractivity contribution in [2.45, 2.75) is 25.8 Å². The minimum atomic E-state index is -1.07. The van der Waals surface area contributed by atoms with Gasteiger partial charge >= 0.3 is 5.97 Å². The maximum atomic E-state index is 12.2. The summed E-state index contributed by atoms with van der Waals surface area (Å²) >= 11 is 0. The van der Waals surface area contributed by atoms with Gasteiger partial charge in [0.25, 0.3) is 0 Å². The van der Waals surface area contributed by atoms with E-state index in [4.69, 9.17) is 10.8 Å². The fourth-order valence-corrected chi connectivity index (χ4v) is 2.47. The standard InChI is InChI=1S/C15H16N2O5/c16-14(21)10-3-1-2-9(6-10)8-17-12(18)5-4-11(15(17)22)7-13(19)20/h1-3,6,11H,4-5,7-8H2,(H2,16,21)(H,19,20). The molecule has 0 bridgehead atoms. The molecule has 2 rings (SSSR count). The van der Waals surface area contributed by atoms with Crippen molar-refractivity contribution in [3.63, 3.8) is 0 Å². The Morgan fingerprint density at radius 1 is 1.32 bits per heavy atom. The Labute approximate surface area is 126 Å². The third-order valence-electron chi connectivity index (χ3n) is 3.60. The number of hydrogen-bond donors (Lipinski definition) is 2. The normalized spacial score (nSPS) is 18.4. The number of carbonyl (C=O) groups excluding carboxylic acids is 3. The number of carbonyl (C=O) groups is 4. The second-order valence-electron chi connectivity index (χ2n) is 5.22. The molecule has 7 heteroatoms. The summed E-state index contributed by atoms with van der Waals surface area (Å²) in [5.41, 5.74) is 6.08. The van der Waals surface area contributed by atoms with Crippen molar-refractivity contribution >= 4 is 23.7 Å². The lowest BCUT2D eigenvalue weighted by atomic mass is 9.93. The third-order valence-corrected chi connectivity index (χ3v) is 3.60. The third kappa shape index (κ3) is 3.49. The summed E-state index contributed by atoms with van der Waals surface area (Å²) in [4.78, 5) is 47.2. The van der Waals surface area contributed by atoms with Crippen LogP contribution < -0.4 is 5.73 Å². The van der Waals surface area contributed by atoms with Crippen molar-refractivity contribution in [2.75, 3.05) is 0 Å². The second kappa shape index (κ2) is 6.38. The highest BCUT2D eigenvalue weighted by Crippen LogP contribution is 2.24. The molecule has 1 atom stereocenters. The van der Waals surface area contributed by atoms with Crippen LogP contribution in [-0.4, -0.2) is 33.7 Å². The molecule has 1 aromatic carbocycles. The number of amides is 3. The highest BCUT2D eigenvalue weighted by molar-refractivity contribution is 5.99. The molecule has 3 amide bonds. The van der Waals surface area contributed by atoms with Crippen molar-refractivity contribution in [1.29, 1.82) is 0 Å². The Morgan fingerprint density at radius 2 is 2.05 bits per heavy atom. The first kappa shape index (κ1) is 15.7. The van der Waals surface area contributed by atoms with E-state index < -0.39 is 23.7 Å². The second-order valence-corrected chi connectivity index (χ2v) is 5.22. The molecule has 3 N–H and O–H groups in total. The van der Waals surface area contributed by atoms with Crippen LogP contribution in [0.3, 0.4) is 0 Å². The minimum Gasteiger partial charge on any atom is -0.481 e. The number of nitrogens with zero attached hydrogens (tertiary/aromatic N) is 1. The zero-order valence-corrected chi connectivity index (χ0v) is 11.8. The molecule has 1 aromatic rings. The molecule has 22 heavy (non-hydrogen) atoms. The van der Waals surface area contributed by atoms with Crippen molar-refractivity contribution in [1.82, 2.24) is 4.90 Å². The van der Waals surface area contributed by atoms with Crippen molar-refractivity contribution < 1.29 is 24.3 Å². The fraction of sp³-hybridized carbons (Fsp3) is 0.333. The number of hydrogen-bond acceptors (Lipinski definition) is 4. The van der Waals surface area contributed by atoms with Gasteiger partial charge in [-0.3, -0.25) is 24.1 Å². The Bertz CT molecular complexity index is 641. The van der Waals surface area contributed by atoms with Gasteiger partial charge < -0.3 is 10.8 Å². The molecule has 1 aliphatic heterocycles. The largest absolute Gasteiger partial charge is 0.481 e. The molecule has 7 nitrogen and oxygen atoms in total. The monoisotopic (exact) mass is 304 g/mol. The topological polar surface area (TPSA) is 118 Å². The number of nitrogens with two attached hydrogens (primary N) is 1. The summed E-state index contributed by atoms with van der Waals surface area (Å²) in [6.45, 7) is 0.00884. The van der Waals surface area contributed by atoms with Crippen molar-refractivity contribution in [3.8, 4) is 0 Å². The summed E-state index contributed by atoms with van der Waals surface area (Å²) in [6, 6.07) is 6.35. The molecule has 116 valence electrons. The first-order valence-corrected chi connectivity index (χ1v) is 6.83. The van der Waals surface area contributed by atoms with E-state index in [9.17, 15) is 19.2 Å². The van der Waals surface area contributed by atoms with Crippen LogP contribution in [0.25, 0.3) is 0 Å². The molecule has 0 spiro atoms. The molecule has 0 aromatic heterocycles. The van der Waals surface area contributed by atoms with Gasteiger partial charge in [-0.1, -0.05) is 12.1 Å². The zero-order valence-electron chi connectivity index (χ0n) is 11.8. The van der Waals surface area contributed by atoms with Gasteiger partial charge in [-0.25, -0.2) is 0 Å². The summed E-state index contributed by atoms with van der Waals surface area (Å²) < 4.78 is 0. The maximum Gasteiger partial charge on any atom is 0.304 e. The van der Waals surface area contributed by atoms with Crippen LogP contribution >= 0.6 is 0 Å². The molecular weight excluding hydrogens is 288 g/mol. The van der Waals surface area contributed by atoms with Crippen LogP contribution in [0.5, 0.6) is 0 Å². The lowest BCUT2D eigenvalue weighted by molar-refractivity contribution is -0.155. The van der Waals surface area contributed by atoms with Gasteiger partial charge in [0.1, 0.15) is 0 Å². The van der Waals surface area contributed by atoms with E-state index in [1.807, 2.05) is 0 Å². The molecule has 1 saturated heterocycles. The van der Waals surface area contributed by atoms with E-state index in [0.29, 0.717) is 5.56 Å². The van der Waals surface area contributed by atoms with Gasteiger partial charge in [0, 0.05) is 17.9 Å². The molecule has 0 aliphatic carbocycles. The number of piperidine rings is 1. The maximum absolute atomic E-state index is 12.2. The Balaban J connectivity index is 2.17. The first-order valence-electron chi connectivity index (χ1n) is 6.83. The van der Waals surface area contributed by atoms with Gasteiger partial charge in [0.05, 0.1) is 13.0 Å². The quantitative estimate of drug-likeness (QED) is 0.769. The molecule has 1 aliphatic rings. The number of carboxylic acid groups (broad SMARTS) is 1. The number of benzene rings is 1. The molecule has 1 unspecified atom stereocenters. The summed E-state index contributed by atoms with van der Waals surface area (Å²) in [6.07, 6.45) is 0.102. The number of aliphatic carboxylic acids is 1. The Hall–Kier alpha value is -2.70. The summed E-state index contributed by atoms with van der Waals surface area (Å²) in [5.74, 6) is -3.17. The lowest BCUT2D eigenvalue weighted by Crippen LogP contribution is -2.45. The average Bonchev–Trinajstić information content (AvgIpc) is 2.46. The van der Waals surface area contributed by atoms with Crippen LogP contribution in [0.4, 0.5) is 0 Å². The van der Waals surface area contributed by atoms with Crippen molar-refractivity contribution in [3.05, 3.63) is 35.4 Å². The average molecular weight is 304 g/mol. The number of rotatable bonds is 5. The molecule has 1 heterocycles. The van der Waals surface area contributed by atoms with E-state index in [1.54, 1.807) is 18.2 Å². The number of primary amides is 1. The molecule has 0 radical (unpaired) electrons. The van der Waals surface area contributed by atoms with E-state index in [0.717, 1.165) is 4.90 Å². The highest BCUT2D eigenvalue weighted by atomic mass is 16.4. The number of imide groups is 1.